The predicted molar refractivity (Wildman–Crippen MR) is 76.6 cm³/mol. The molecular formula is C15H16N2O5. The Kier molecular flexibility index (Phi) is 3.81. The standard InChI is InChI=1S/C15H16N2O5/c1-2-22-15(20)17-11-6-4-3-5-10(11)13(18)16-7-8-21-9-12(16)14(17)19/h3-6,12H,2,7-9H2,1H3. The minimum atomic E-state index is -0.807. The number of imide groups is 1. The largest absolute Gasteiger partial charge is 0.449 e. The summed E-state index contributed by atoms with van der Waals surface area (Å²) in [6.45, 7) is 2.57. The third-order valence-electron chi connectivity index (χ3n) is 3.72. The summed E-state index contributed by atoms with van der Waals surface area (Å²) < 4.78 is 10.3. The van der Waals surface area contributed by atoms with E-state index in [4.69, 9.17) is 9.47 Å². The van der Waals surface area contributed by atoms with Crippen LogP contribution >= 0.6 is 0 Å². The molecule has 2 aliphatic heterocycles. The number of hydrogen-bond acceptors (Lipinski definition) is 5. The zero-order valence-corrected chi connectivity index (χ0v) is 12.2. The number of amides is 3. The first-order chi connectivity index (χ1) is 10.6. The lowest BCUT2D eigenvalue weighted by Crippen LogP contribution is -2.55. The molecule has 0 N–H and O–H groups in total. The van der Waals surface area contributed by atoms with Gasteiger partial charge < -0.3 is 14.4 Å². The second kappa shape index (κ2) is 5.76. The molecule has 0 aromatic heterocycles. The summed E-state index contributed by atoms with van der Waals surface area (Å²) in [7, 11) is 0. The average Bonchev–Trinajstić information content (AvgIpc) is 2.63. The summed E-state index contributed by atoms with van der Waals surface area (Å²) in [5.41, 5.74) is 0.568. The Morgan fingerprint density at radius 3 is 2.91 bits per heavy atom. The van der Waals surface area contributed by atoms with Gasteiger partial charge in [0.25, 0.3) is 11.8 Å². The highest BCUT2D eigenvalue weighted by Gasteiger charge is 2.43. The number of hydrogen-bond donors (Lipinski definition) is 0. The van der Waals surface area contributed by atoms with E-state index in [1.807, 2.05) is 0 Å². The Morgan fingerprint density at radius 1 is 1.36 bits per heavy atom. The zero-order valence-electron chi connectivity index (χ0n) is 12.2. The number of benzene rings is 1. The van der Waals surface area contributed by atoms with Gasteiger partial charge in [-0.2, -0.15) is 0 Å². The lowest BCUT2D eigenvalue weighted by atomic mass is 10.1. The molecular weight excluding hydrogens is 288 g/mol. The third kappa shape index (κ3) is 2.23. The highest BCUT2D eigenvalue weighted by Crippen LogP contribution is 2.29. The molecule has 1 unspecified atom stereocenters. The fraction of sp³-hybridized carbons (Fsp3) is 0.400. The van der Waals surface area contributed by atoms with Crippen LogP contribution in [-0.2, 0) is 14.3 Å². The molecule has 1 fully saturated rings. The topological polar surface area (TPSA) is 76.2 Å². The lowest BCUT2D eigenvalue weighted by molar-refractivity contribution is -0.127. The van der Waals surface area contributed by atoms with Gasteiger partial charge in [0.2, 0.25) is 0 Å². The molecule has 7 nitrogen and oxygen atoms in total. The van der Waals surface area contributed by atoms with Crippen LogP contribution in [0.15, 0.2) is 24.3 Å². The van der Waals surface area contributed by atoms with E-state index >= 15 is 0 Å². The van der Waals surface area contributed by atoms with Gasteiger partial charge in [0, 0.05) is 6.54 Å². The molecule has 0 spiro atoms. The van der Waals surface area contributed by atoms with E-state index in [1.165, 1.54) is 4.90 Å². The molecule has 0 aliphatic carbocycles. The van der Waals surface area contributed by atoms with E-state index in [2.05, 4.69) is 0 Å². The monoisotopic (exact) mass is 304 g/mol. The van der Waals surface area contributed by atoms with Crippen LogP contribution in [0.3, 0.4) is 0 Å². The molecule has 7 heteroatoms. The van der Waals surface area contributed by atoms with E-state index in [0.29, 0.717) is 18.7 Å². The Morgan fingerprint density at radius 2 is 2.14 bits per heavy atom. The first-order valence-corrected chi connectivity index (χ1v) is 7.13. The number of rotatable bonds is 1. The van der Waals surface area contributed by atoms with Crippen LogP contribution in [0.25, 0.3) is 0 Å². The number of morpholine rings is 1. The van der Waals surface area contributed by atoms with Gasteiger partial charge in [0.05, 0.1) is 31.1 Å². The van der Waals surface area contributed by atoms with Crippen molar-refractivity contribution in [1.82, 2.24) is 4.90 Å². The first-order valence-electron chi connectivity index (χ1n) is 7.13. The third-order valence-corrected chi connectivity index (χ3v) is 3.72. The van der Waals surface area contributed by atoms with Gasteiger partial charge >= 0.3 is 6.09 Å². The van der Waals surface area contributed by atoms with Gasteiger partial charge in [-0.15, -0.1) is 0 Å². The van der Waals surface area contributed by atoms with E-state index in [-0.39, 0.29) is 24.8 Å². The van der Waals surface area contributed by atoms with Crippen LogP contribution in [0.2, 0.25) is 0 Å². The average molecular weight is 304 g/mol. The van der Waals surface area contributed by atoms with Crippen LogP contribution in [0.1, 0.15) is 17.3 Å². The number of carbonyl (C=O) groups excluding carboxylic acids is 3. The van der Waals surface area contributed by atoms with Crippen LogP contribution in [-0.4, -0.2) is 55.2 Å². The fourth-order valence-corrected chi connectivity index (χ4v) is 2.70. The second-order valence-corrected chi connectivity index (χ2v) is 4.98. The van der Waals surface area contributed by atoms with Gasteiger partial charge in [-0.25, -0.2) is 9.69 Å². The molecule has 1 aromatic rings. The number of nitrogens with zero attached hydrogens (tertiary/aromatic N) is 2. The molecule has 1 aromatic carbocycles. The fourth-order valence-electron chi connectivity index (χ4n) is 2.70. The molecule has 2 aliphatic rings. The maximum atomic E-state index is 12.8. The molecule has 1 atom stereocenters. The minimum Gasteiger partial charge on any atom is -0.449 e. The summed E-state index contributed by atoms with van der Waals surface area (Å²) in [6.07, 6.45) is -0.778. The van der Waals surface area contributed by atoms with Crippen molar-refractivity contribution in [3.8, 4) is 0 Å². The lowest BCUT2D eigenvalue weighted by Gasteiger charge is -2.33. The summed E-state index contributed by atoms with van der Waals surface area (Å²) in [5, 5.41) is 0. The van der Waals surface area contributed by atoms with Gasteiger partial charge in [0.1, 0.15) is 6.04 Å². The van der Waals surface area contributed by atoms with E-state index in [0.717, 1.165) is 4.90 Å². The molecule has 3 rings (SSSR count). The van der Waals surface area contributed by atoms with Crippen LogP contribution in [0.4, 0.5) is 10.5 Å². The minimum absolute atomic E-state index is 0.0778. The SMILES string of the molecule is CCOC(=O)N1C(=O)C2COCCN2C(=O)c2ccccc21. The van der Waals surface area contributed by atoms with Gasteiger partial charge in [-0.05, 0) is 19.1 Å². The van der Waals surface area contributed by atoms with Crippen molar-refractivity contribution in [1.29, 1.82) is 0 Å². The maximum Gasteiger partial charge on any atom is 0.421 e. The number of para-hydroxylation sites is 1. The molecule has 0 bridgehead atoms. The summed E-state index contributed by atoms with van der Waals surface area (Å²) in [4.78, 5) is 40.1. The molecule has 0 radical (unpaired) electrons. The number of fused-ring (bicyclic) bond motifs is 2. The van der Waals surface area contributed by atoms with Gasteiger partial charge in [0.15, 0.2) is 0 Å². The first kappa shape index (κ1) is 14.5. The van der Waals surface area contributed by atoms with E-state index < -0.39 is 18.0 Å². The summed E-state index contributed by atoms with van der Waals surface area (Å²) >= 11 is 0. The quantitative estimate of drug-likeness (QED) is 0.774. The Balaban J connectivity index is 2.12. The summed E-state index contributed by atoms with van der Waals surface area (Å²) in [5.74, 6) is -0.777. The van der Waals surface area contributed by atoms with Crippen molar-refractivity contribution in [2.45, 2.75) is 13.0 Å². The van der Waals surface area contributed by atoms with Crippen molar-refractivity contribution < 1.29 is 23.9 Å². The highest BCUT2D eigenvalue weighted by molar-refractivity contribution is 6.20. The van der Waals surface area contributed by atoms with Gasteiger partial charge in [-0.1, -0.05) is 12.1 Å². The molecule has 0 saturated carbocycles. The number of anilines is 1. The van der Waals surface area contributed by atoms with Crippen LogP contribution in [0, 0.1) is 0 Å². The van der Waals surface area contributed by atoms with Gasteiger partial charge in [-0.3, -0.25) is 9.59 Å². The Bertz CT molecular complexity index is 630. The molecule has 22 heavy (non-hydrogen) atoms. The van der Waals surface area contributed by atoms with E-state index in [1.54, 1.807) is 31.2 Å². The van der Waals surface area contributed by atoms with E-state index in [9.17, 15) is 14.4 Å². The maximum absolute atomic E-state index is 12.8. The molecule has 1 saturated heterocycles. The second-order valence-electron chi connectivity index (χ2n) is 4.98. The smallest absolute Gasteiger partial charge is 0.421 e. The van der Waals surface area contributed by atoms with Crippen molar-refractivity contribution in [3.63, 3.8) is 0 Å². The predicted octanol–water partition coefficient (Wildman–Crippen LogP) is 1.03. The number of ether oxygens (including phenoxy) is 2. The Labute approximate surface area is 127 Å². The zero-order chi connectivity index (χ0) is 15.7. The molecule has 3 amide bonds. The molecule has 116 valence electrons. The van der Waals surface area contributed by atoms with Crippen molar-refractivity contribution in [3.05, 3.63) is 29.8 Å². The normalized spacial score (nSPS) is 21.0. The van der Waals surface area contributed by atoms with Crippen LogP contribution in [0.5, 0.6) is 0 Å². The van der Waals surface area contributed by atoms with Crippen LogP contribution < -0.4 is 4.90 Å². The van der Waals surface area contributed by atoms with Crippen molar-refractivity contribution >= 4 is 23.6 Å². The highest BCUT2D eigenvalue weighted by atomic mass is 16.6. The molecule has 2 heterocycles. The van der Waals surface area contributed by atoms with Crippen molar-refractivity contribution in [2.24, 2.45) is 0 Å². The number of carbonyl (C=O) groups is 3. The van der Waals surface area contributed by atoms with Crippen molar-refractivity contribution in [2.75, 3.05) is 31.3 Å². The summed E-state index contributed by atoms with van der Waals surface area (Å²) in [6, 6.07) is 5.74. The Hall–Kier alpha value is -2.41.